The van der Waals surface area contributed by atoms with E-state index in [1.54, 1.807) is 6.07 Å². The Bertz CT molecular complexity index is 366. The molecule has 0 aliphatic carbocycles. The van der Waals surface area contributed by atoms with Crippen LogP contribution in [0.25, 0.3) is 11.5 Å². The normalized spacial score (nSPS) is 10.5. The summed E-state index contributed by atoms with van der Waals surface area (Å²) in [4.78, 5) is 4.14. The van der Waals surface area contributed by atoms with Gasteiger partial charge in [-0.2, -0.15) is 4.98 Å². The smallest absolute Gasteiger partial charge is 0.226 e. The molecule has 0 spiro atoms. The maximum atomic E-state index is 4.99. The number of hydrogen-bond acceptors (Lipinski definition) is 5. The molecule has 0 aliphatic rings. The molecule has 13 heavy (non-hydrogen) atoms. The maximum Gasteiger partial charge on any atom is 0.226 e. The Hall–Kier alpha value is -1.65. The highest BCUT2D eigenvalue weighted by molar-refractivity contribution is 5.45. The minimum absolute atomic E-state index is 0.484. The minimum atomic E-state index is 0.484. The molecule has 0 amide bonds. The maximum absolute atomic E-state index is 4.99. The van der Waals surface area contributed by atoms with E-state index in [9.17, 15) is 0 Å². The molecule has 0 bridgehead atoms. The molecule has 0 unspecified atom stereocenters. The molecule has 5 nitrogen and oxygen atoms in total. The molecule has 0 fully saturated rings. The van der Waals surface area contributed by atoms with Crippen molar-refractivity contribution in [1.29, 1.82) is 0 Å². The van der Waals surface area contributed by atoms with Gasteiger partial charge in [0.05, 0.1) is 0 Å². The zero-order valence-corrected chi connectivity index (χ0v) is 7.23. The molecule has 2 heterocycles. The number of aryl methyl sites for hydroxylation is 1. The van der Waals surface area contributed by atoms with Gasteiger partial charge in [-0.25, -0.2) is 0 Å². The van der Waals surface area contributed by atoms with E-state index in [4.69, 9.17) is 4.52 Å². The van der Waals surface area contributed by atoms with Crippen molar-refractivity contribution in [2.45, 2.75) is 19.8 Å². The van der Waals surface area contributed by atoms with Crippen LogP contribution in [-0.4, -0.2) is 15.3 Å². The Kier molecular flexibility index (Phi) is 2.08. The van der Waals surface area contributed by atoms with Gasteiger partial charge in [0.15, 0.2) is 5.69 Å². The predicted octanol–water partition coefficient (Wildman–Crippen LogP) is 1.68. The summed E-state index contributed by atoms with van der Waals surface area (Å²) in [6.07, 6.45) is 3.26. The Labute approximate surface area is 74.7 Å². The molecule has 0 aromatic carbocycles. The molecule has 0 atom stereocenters. The van der Waals surface area contributed by atoms with Crippen LogP contribution in [0.15, 0.2) is 21.4 Å². The average molecular weight is 179 g/mol. The Balaban J connectivity index is 2.23. The van der Waals surface area contributed by atoms with Gasteiger partial charge in [-0.05, 0) is 6.42 Å². The summed E-state index contributed by atoms with van der Waals surface area (Å²) in [5.74, 6) is 1.12. The molecule has 2 aromatic heterocycles. The van der Waals surface area contributed by atoms with Gasteiger partial charge in [-0.1, -0.05) is 17.2 Å². The van der Waals surface area contributed by atoms with E-state index in [1.807, 2.05) is 0 Å². The fraction of sp³-hybridized carbons (Fsp3) is 0.375. The Morgan fingerprint density at radius 2 is 2.31 bits per heavy atom. The highest BCUT2D eigenvalue weighted by atomic mass is 16.5. The van der Waals surface area contributed by atoms with Gasteiger partial charge in [-0.3, -0.25) is 0 Å². The van der Waals surface area contributed by atoms with Crippen molar-refractivity contribution >= 4 is 0 Å². The topological polar surface area (TPSA) is 65.0 Å². The minimum Gasteiger partial charge on any atom is -0.364 e. The second-order valence-corrected chi connectivity index (χ2v) is 2.65. The SMILES string of the molecule is CCCc1nc(-c2ccon2)no1. The van der Waals surface area contributed by atoms with Crippen LogP contribution < -0.4 is 0 Å². The van der Waals surface area contributed by atoms with Gasteiger partial charge in [0.1, 0.15) is 6.26 Å². The summed E-state index contributed by atoms with van der Waals surface area (Å²) in [5, 5.41) is 7.47. The second kappa shape index (κ2) is 3.38. The third-order valence-electron chi connectivity index (χ3n) is 1.60. The van der Waals surface area contributed by atoms with E-state index in [0.717, 1.165) is 12.8 Å². The van der Waals surface area contributed by atoms with Crippen molar-refractivity contribution < 1.29 is 9.05 Å². The average Bonchev–Trinajstić information content (AvgIpc) is 2.70. The molecule has 0 saturated heterocycles. The van der Waals surface area contributed by atoms with Gasteiger partial charge in [0.2, 0.25) is 11.7 Å². The predicted molar refractivity (Wildman–Crippen MR) is 43.8 cm³/mol. The van der Waals surface area contributed by atoms with Gasteiger partial charge in [0, 0.05) is 12.5 Å². The number of hydrogen-bond donors (Lipinski definition) is 0. The van der Waals surface area contributed by atoms with Crippen LogP contribution in [0.3, 0.4) is 0 Å². The fourth-order valence-electron chi connectivity index (χ4n) is 1.00. The number of aromatic nitrogens is 3. The third kappa shape index (κ3) is 1.58. The lowest BCUT2D eigenvalue weighted by atomic mass is 10.3. The van der Waals surface area contributed by atoms with Crippen LogP contribution >= 0.6 is 0 Å². The van der Waals surface area contributed by atoms with Crippen molar-refractivity contribution in [3.05, 3.63) is 18.2 Å². The highest BCUT2D eigenvalue weighted by Crippen LogP contribution is 2.12. The fourth-order valence-corrected chi connectivity index (χ4v) is 1.00. The first-order valence-corrected chi connectivity index (χ1v) is 4.13. The van der Waals surface area contributed by atoms with Gasteiger partial charge in [-0.15, -0.1) is 0 Å². The first-order valence-electron chi connectivity index (χ1n) is 4.13. The van der Waals surface area contributed by atoms with Crippen LogP contribution in [-0.2, 0) is 6.42 Å². The lowest BCUT2D eigenvalue weighted by molar-refractivity contribution is 0.376. The van der Waals surface area contributed by atoms with E-state index in [0.29, 0.717) is 17.4 Å². The summed E-state index contributed by atoms with van der Waals surface area (Å²) in [6.45, 7) is 2.06. The lowest BCUT2D eigenvalue weighted by Crippen LogP contribution is -1.83. The van der Waals surface area contributed by atoms with Crippen molar-refractivity contribution in [1.82, 2.24) is 15.3 Å². The van der Waals surface area contributed by atoms with Gasteiger partial charge in [0.25, 0.3) is 0 Å². The van der Waals surface area contributed by atoms with E-state index in [-0.39, 0.29) is 0 Å². The van der Waals surface area contributed by atoms with Crippen molar-refractivity contribution in [3.63, 3.8) is 0 Å². The molecule has 0 aliphatic heterocycles. The lowest BCUT2D eigenvalue weighted by Gasteiger charge is -1.83. The first kappa shape index (κ1) is 7.97. The summed E-state index contributed by atoms with van der Waals surface area (Å²) >= 11 is 0. The molecule has 0 radical (unpaired) electrons. The standard InChI is InChI=1S/C8H9N3O2/c1-2-3-7-9-8(11-13-7)6-4-5-12-10-6/h4-5H,2-3H2,1H3. The van der Waals surface area contributed by atoms with Crippen LogP contribution in [0, 0.1) is 0 Å². The van der Waals surface area contributed by atoms with Crippen molar-refractivity contribution in [2.75, 3.05) is 0 Å². The van der Waals surface area contributed by atoms with Crippen LogP contribution in [0.2, 0.25) is 0 Å². The largest absolute Gasteiger partial charge is 0.364 e. The Morgan fingerprint density at radius 3 is 3.00 bits per heavy atom. The number of nitrogens with zero attached hydrogens (tertiary/aromatic N) is 3. The number of rotatable bonds is 3. The third-order valence-corrected chi connectivity index (χ3v) is 1.60. The molecule has 5 heteroatoms. The summed E-state index contributed by atoms with van der Waals surface area (Å²) in [7, 11) is 0. The molecule has 2 rings (SSSR count). The molecule has 0 saturated carbocycles. The molecule has 2 aromatic rings. The second-order valence-electron chi connectivity index (χ2n) is 2.65. The van der Waals surface area contributed by atoms with E-state index >= 15 is 0 Å². The van der Waals surface area contributed by atoms with Crippen LogP contribution in [0.4, 0.5) is 0 Å². The molecular formula is C8H9N3O2. The monoisotopic (exact) mass is 179 g/mol. The molecular weight excluding hydrogens is 170 g/mol. The van der Waals surface area contributed by atoms with Crippen LogP contribution in [0.1, 0.15) is 19.2 Å². The van der Waals surface area contributed by atoms with E-state index in [1.165, 1.54) is 6.26 Å². The van der Waals surface area contributed by atoms with E-state index in [2.05, 4.69) is 26.7 Å². The molecule has 68 valence electrons. The van der Waals surface area contributed by atoms with Gasteiger partial charge >= 0.3 is 0 Å². The van der Waals surface area contributed by atoms with Gasteiger partial charge < -0.3 is 9.05 Å². The zero-order chi connectivity index (χ0) is 9.10. The Morgan fingerprint density at radius 1 is 1.38 bits per heavy atom. The zero-order valence-electron chi connectivity index (χ0n) is 7.23. The summed E-state index contributed by atoms with van der Waals surface area (Å²) in [5.41, 5.74) is 0.603. The van der Waals surface area contributed by atoms with Crippen molar-refractivity contribution in [3.8, 4) is 11.5 Å². The van der Waals surface area contributed by atoms with Crippen LogP contribution in [0.5, 0.6) is 0 Å². The van der Waals surface area contributed by atoms with Crippen molar-refractivity contribution in [2.24, 2.45) is 0 Å². The highest BCUT2D eigenvalue weighted by Gasteiger charge is 2.09. The summed E-state index contributed by atoms with van der Waals surface area (Å²) in [6, 6.07) is 1.70. The summed E-state index contributed by atoms with van der Waals surface area (Å²) < 4.78 is 9.65. The molecule has 0 N–H and O–H groups in total. The quantitative estimate of drug-likeness (QED) is 0.717. The van der Waals surface area contributed by atoms with E-state index < -0.39 is 0 Å². The first-order chi connectivity index (χ1) is 6.40.